The molecule has 7 rings (SSSR count). The summed E-state index contributed by atoms with van der Waals surface area (Å²) in [5.41, 5.74) is 0.598. The van der Waals surface area contributed by atoms with Crippen molar-refractivity contribution in [2.45, 2.75) is 13.8 Å². The minimum atomic E-state index is -0.888. The molecule has 0 aliphatic carbocycles. The molecule has 286 valence electrons. The number of nitrogens with one attached hydrogen (secondary N) is 2. The maximum atomic E-state index is 12.7. The van der Waals surface area contributed by atoms with Crippen molar-refractivity contribution in [3.63, 3.8) is 0 Å². The fraction of sp³-hybridized carbons (Fsp3) is 0.216. The van der Waals surface area contributed by atoms with Gasteiger partial charge in [0.1, 0.15) is 44.8 Å². The van der Waals surface area contributed by atoms with Gasteiger partial charge in [0.25, 0.3) is 5.91 Å². The average molecular weight is 790 g/mol. The highest BCUT2D eigenvalue weighted by Crippen LogP contribution is 2.38. The summed E-state index contributed by atoms with van der Waals surface area (Å²) < 4.78 is 5.35. The molecule has 3 aromatic heterocycles. The van der Waals surface area contributed by atoms with Gasteiger partial charge >= 0.3 is 0 Å². The van der Waals surface area contributed by atoms with E-state index < -0.39 is 22.7 Å². The lowest BCUT2D eigenvalue weighted by Crippen LogP contribution is -2.47. The van der Waals surface area contributed by atoms with Crippen molar-refractivity contribution in [3.8, 4) is 40.1 Å². The number of fused-ring (bicyclic) bond motifs is 1. The summed E-state index contributed by atoms with van der Waals surface area (Å²) in [5, 5.41) is 63.9. The van der Waals surface area contributed by atoms with Crippen LogP contribution in [0.25, 0.3) is 22.3 Å². The molecule has 55 heavy (non-hydrogen) atoms. The Bertz CT molecular complexity index is 2410. The van der Waals surface area contributed by atoms with E-state index >= 15 is 0 Å². The number of anilines is 4. The molecule has 4 heterocycles. The van der Waals surface area contributed by atoms with Crippen molar-refractivity contribution in [1.82, 2.24) is 19.9 Å². The van der Waals surface area contributed by atoms with Crippen LogP contribution < -0.4 is 21.0 Å². The van der Waals surface area contributed by atoms with E-state index in [0.29, 0.717) is 38.9 Å². The fourth-order valence-electron chi connectivity index (χ4n) is 5.77. The molecule has 0 unspecified atom stereocenters. The van der Waals surface area contributed by atoms with Crippen LogP contribution in [0.3, 0.4) is 0 Å². The number of nitrogens with zero attached hydrogens (tertiary/aromatic N) is 5. The van der Waals surface area contributed by atoms with E-state index in [9.17, 15) is 35.1 Å². The Labute approximate surface area is 322 Å². The number of phenolic OH excluding ortho intramolecular Hbond substituents is 4. The van der Waals surface area contributed by atoms with Crippen LogP contribution in [0.4, 0.5) is 22.5 Å². The van der Waals surface area contributed by atoms with Crippen molar-refractivity contribution in [2.24, 2.45) is 0 Å². The van der Waals surface area contributed by atoms with Gasteiger partial charge in [-0.3, -0.25) is 14.5 Å². The van der Waals surface area contributed by atoms with Crippen LogP contribution in [-0.2, 0) is 0 Å². The number of aromatic nitrogens is 3. The number of benzene rings is 3. The largest absolute Gasteiger partial charge is 0.508 e. The standard InChI is InChI=1S/C22H26ClN7O2S.C15H10O7/c1-14-4-3-5-16(23)20(14)28-21(32)17-13-24-22(33-17)27-18-12-19(26-15(2)25-18)30-8-6-29(7-9-30)10-11-31;16-7-4-10(19)12-11(5-7)22-15(14(21)13(12)20)6-1-2-8(17)9(18)3-6/h3-5,12-13,31H,6-11H2,1-2H3,(H,28,32)(H,24,25,26,27);1-5,16-19,21H. The molecular weight excluding hydrogens is 754 g/mol. The Hall–Kier alpha value is -6.14. The third kappa shape index (κ3) is 8.81. The fourth-order valence-corrected chi connectivity index (χ4v) is 6.75. The third-order valence-electron chi connectivity index (χ3n) is 8.53. The van der Waals surface area contributed by atoms with E-state index in [-0.39, 0.29) is 46.3 Å². The van der Waals surface area contributed by atoms with Crippen molar-refractivity contribution < 1.29 is 39.9 Å². The maximum Gasteiger partial charge on any atom is 0.267 e. The number of hydrogen-bond acceptors (Lipinski definition) is 16. The third-order valence-corrected chi connectivity index (χ3v) is 9.76. The average Bonchev–Trinajstić information content (AvgIpc) is 3.61. The molecule has 1 fully saturated rings. The first-order chi connectivity index (χ1) is 26.3. The molecule has 3 aromatic carbocycles. The van der Waals surface area contributed by atoms with Gasteiger partial charge in [-0.05, 0) is 43.7 Å². The normalized spacial score (nSPS) is 13.0. The first-order valence-corrected chi connectivity index (χ1v) is 18.0. The number of aryl methyl sites for hydroxylation is 2. The summed E-state index contributed by atoms with van der Waals surface area (Å²) in [4.78, 5) is 43.1. The number of carbonyl (C=O) groups excluding carboxylic acids is 1. The van der Waals surface area contributed by atoms with Crippen LogP contribution in [0, 0.1) is 13.8 Å². The minimum absolute atomic E-state index is 0.134. The van der Waals surface area contributed by atoms with Crippen molar-refractivity contribution in [3.05, 3.63) is 92.3 Å². The minimum Gasteiger partial charge on any atom is -0.508 e. The molecule has 1 aliphatic heterocycles. The molecule has 0 radical (unpaired) electrons. The van der Waals surface area contributed by atoms with Gasteiger partial charge in [0.15, 0.2) is 22.4 Å². The highest BCUT2D eigenvalue weighted by molar-refractivity contribution is 7.17. The van der Waals surface area contributed by atoms with Gasteiger partial charge in [-0.25, -0.2) is 15.0 Å². The van der Waals surface area contributed by atoms with Crippen LogP contribution in [0.2, 0.25) is 5.02 Å². The van der Waals surface area contributed by atoms with Crippen molar-refractivity contribution in [1.29, 1.82) is 0 Å². The number of aliphatic hydroxyl groups is 1. The quantitative estimate of drug-likeness (QED) is 0.0913. The molecule has 0 spiro atoms. The number of rotatable bonds is 8. The molecule has 6 aromatic rings. The van der Waals surface area contributed by atoms with Gasteiger partial charge in [-0.1, -0.05) is 35.1 Å². The maximum absolute atomic E-state index is 12.7. The molecule has 0 saturated carbocycles. The second-order valence-corrected chi connectivity index (χ2v) is 13.8. The number of piperazine rings is 1. The molecular formula is C37H36ClN7O9S. The lowest BCUT2D eigenvalue weighted by molar-refractivity contribution is 0.103. The number of amides is 1. The summed E-state index contributed by atoms with van der Waals surface area (Å²) in [6, 6.07) is 13.0. The smallest absolute Gasteiger partial charge is 0.267 e. The van der Waals surface area contributed by atoms with Crippen LogP contribution in [0.5, 0.6) is 28.7 Å². The predicted molar refractivity (Wildman–Crippen MR) is 208 cm³/mol. The molecule has 16 nitrogen and oxygen atoms in total. The van der Waals surface area contributed by atoms with Crippen LogP contribution in [0.15, 0.2) is 70.0 Å². The topological polar surface area (TPSA) is 238 Å². The zero-order valence-corrected chi connectivity index (χ0v) is 31.0. The molecule has 1 amide bonds. The van der Waals surface area contributed by atoms with Crippen LogP contribution in [0.1, 0.15) is 21.1 Å². The number of β-amino-alcohol motifs (C(OH)–C–C–N with tert-alkyl or cyclic N) is 1. The molecule has 0 atom stereocenters. The lowest BCUT2D eigenvalue weighted by Gasteiger charge is -2.35. The number of aromatic hydroxyl groups is 5. The molecule has 1 saturated heterocycles. The van der Waals surface area contributed by atoms with Gasteiger partial charge in [-0.15, -0.1) is 0 Å². The molecule has 18 heteroatoms. The first-order valence-electron chi connectivity index (χ1n) is 16.8. The summed E-state index contributed by atoms with van der Waals surface area (Å²) in [6.45, 7) is 8.03. The van der Waals surface area contributed by atoms with Gasteiger partial charge in [-0.2, -0.15) is 0 Å². The molecule has 1 aliphatic rings. The van der Waals surface area contributed by atoms with E-state index in [2.05, 4.69) is 35.4 Å². The zero-order valence-electron chi connectivity index (χ0n) is 29.4. The van der Waals surface area contributed by atoms with Crippen molar-refractivity contribution >= 4 is 62.3 Å². The second-order valence-electron chi connectivity index (χ2n) is 12.4. The number of halogens is 1. The van der Waals surface area contributed by atoms with E-state index in [4.69, 9.17) is 21.1 Å². The van der Waals surface area contributed by atoms with Crippen LogP contribution >= 0.6 is 22.9 Å². The summed E-state index contributed by atoms with van der Waals surface area (Å²) in [5.74, 6) is -0.863. The van der Waals surface area contributed by atoms with E-state index in [1.807, 2.05) is 32.0 Å². The number of para-hydroxylation sites is 1. The molecule has 0 bridgehead atoms. The number of carbonyl (C=O) groups is 1. The van der Waals surface area contributed by atoms with Gasteiger partial charge in [0, 0.05) is 56.5 Å². The van der Waals surface area contributed by atoms with Gasteiger partial charge in [0.05, 0.1) is 23.5 Å². The first kappa shape index (κ1) is 38.6. The summed E-state index contributed by atoms with van der Waals surface area (Å²) >= 11 is 7.46. The lowest BCUT2D eigenvalue weighted by atomic mass is 10.1. The Morgan fingerprint density at radius 2 is 1.71 bits per heavy atom. The number of thiazole rings is 1. The monoisotopic (exact) mass is 789 g/mol. The Kier molecular flexibility index (Phi) is 11.6. The SMILES string of the molecule is Cc1nc(Nc2ncc(C(=O)Nc3c(C)cccc3Cl)s2)cc(N2CCN(CCO)CC2)n1.O=c1c(O)c(-c2ccc(O)c(O)c2)oc2cc(O)cc(O)c12. The van der Waals surface area contributed by atoms with E-state index in [1.54, 1.807) is 6.07 Å². The van der Waals surface area contributed by atoms with E-state index in [0.717, 1.165) is 61.8 Å². The Morgan fingerprint density at radius 3 is 2.42 bits per heavy atom. The summed E-state index contributed by atoms with van der Waals surface area (Å²) in [6.07, 6.45) is 1.53. The van der Waals surface area contributed by atoms with Gasteiger partial charge < -0.3 is 50.6 Å². The summed E-state index contributed by atoms with van der Waals surface area (Å²) in [7, 11) is 0. The Balaban J connectivity index is 0.000000203. The van der Waals surface area contributed by atoms with E-state index in [1.165, 1.54) is 23.6 Å². The number of phenols is 4. The Morgan fingerprint density at radius 1 is 0.945 bits per heavy atom. The highest BCUT2D eigenvalue weighted by atomic mass is 35.5. The van der Waals surface area contributed by atoms with Crippen LogP contribution in [-0.4, -0.2) is 95.7 Å². The van der Waals surface area contributed by atoms with Gasteiger partial charge in [0.2, 0.25) is 11.2 Å². The number of aliphatic hydroxyl groups excluding tert-OH is 1. The predicted octanol–water partition coefficient (Wildman–Crippen LogP) is 5.30. The number of hydrogen-bond donors (Lipinski definition) is 8. The van der Waals surface area contributed by atoms with Crippen molar-refractivity contribution in [2.75, 3.05) is 54.9 Å². The molecule has 8 N–H and O–H groups in total. The highest BCUT2D eigenvalue weighted by Gasteiger charge is 2.21. The second kappa shape index (κ2) is 16.5. The zero-order chi connectivity index (χ0) is 39.4.